The first kappa shape index (κ1) is 15.2. The Hall–Kier alpha value is -0.850. The first-order valence-corrected chi connectivity index (χ1v) is 4.73. The Kier molecular flexibility index (Phi) is 7.88. The zero-order valence-electron chi connectivity index (χ0n) is 9.09. The summed E-state index contributed by atoms with van der Waals surface area (Å²) >= 11 is 0. The maximum atomic E-state index is 12.4. The summed E-state index contributed by atoms with van der Waals surface area (Å²) in [5.74, 6) is 0. The molecule has 0 unspecified atom stereocenters. The van der Waals surface area contributed by atoms with Crippen LogP contribution in [0.2, 0.25) is 0 Å². The monoisotopic (exact) mass is 239 g/mol. The van der Waals surface area contributed by atoms with E-state index in [1.165, 1.54) is 13.2 Å². The molecular weight excluding hydrogens is 223 g/mol. The van der Waals surface area contributed by atoms with Crippen LogP contribution in [0.4, 0.5) is 13.2 Å². The molecule has 0 spiro atoms. The van der Waals surface area contributed by atoms with Gasteiger partial charge in [-0.25, -0.2) is 0 Å². The van der Waals surface area contributed by atoms with Crippen LogP contribution in [0, 0.1) is 0 Å². The van der Waals surface area contributed by atoms with Crippen LogP contribution in [-0.2, 0) is 9.47 Å². The average Bonchev–Trinajstić information content (AvgIpc) is 2.20. The molecule has 0 saturated heterocycles. The Morgan fingerprint density at radius 1 is 1.31 bits per heavy atom. The van der Waals surface area contributed by atoms with Crippen molar-refractivity contribution in [1.82, 2.24) is 0 Å². The minimum absolute atomic E-state index is 0.0805. The van der Waals surface area contributed by atoms with Crippen molar-refractivity contribution >= 4 is 0 Å². The van der Waals surface area contributed by atoms with Crippen LogP contribution in [0.3, 0.4) is 0 Å². The third-order valence-corrected chi connectivity index (χ3v) is 1.57. The Labute approximate surface area is 92.7 Å². The predicted molar refractivity (Wildman–Crippen MR) is 55.0 cm³/mol. The molecule has 0 aliphatic heterocycles. The molecule has 2 N–H and O–H groups in total. The smallest absolute Gasteiger partial charge is 0.381 e. The third-order valence-electron chi connectivity index (χ3n) is 1.57. The Morgan fingerprint density at radius 2 is 2.00 bits per heavy atom. The number of allylic oxidation sites excluding steroid dienone is 2. The van der Waals surface area contributed by atoms with E-state index in [1.54, 1.807) is 0 Å². The molecule has 0 amide bonds. The molecule has 0 saturated carbocycles. The number of methoxy groups -OCH3 is 1. The maximum Gasteiger partial charge on any atom is 0.416 e. The molecule has 0 bridgehead atoms. The van der Waals surface area contributed by atoms with Gasteiger partial charge in [0.15, 0.2) is 0 Å². The standard InChI is InChI=1S/C10H16F3NO2/c1-15-7-4-9(10(11,12)13)3-2-6-16-8-5-14/h2-4H,5-8,14H2,1H3/b3-2-,9-4+. The van der Waals surface area contributed by atoms with E-state index in [9.17, 15) is 13.2 Å². The normalized spacial score (nSPS) is 13.7. The topological polar surface area (TPSA) is 44.5 Å². The van der Waals surface area contributed by atoms with E-state index < -0.39 is 11.7 Å². The fourth-order valence-electron chi connectivity index (χ4n) is 0.861. The molecule has 0 fully saturated rings. The molecule has 6 heteroatoms. The lowest BCUT2D eigenvalue weighted by Crippen LogP contribution is -2.11. The Morgan fingerprint density at radius 3 is 2.50 bits per heavy atom. The Balaban J connectivity index is 4.22. The number of halogens is 3. The van der Waals surface area contributed by atoms with Crippen molar-refractivity contribution in [3.8, 4) is 0 Å². The summed E-state index contributed by atoms with van der Waals surface area (Å²) in [6.07, 6.45) is -1.14. The minimum Gasteiger partial charge on any atom is -0.381 e. The highest BCUT2D eigenvalue weighted by atomic mass is 19.4. The van der Waals surface area contributed by atoms with Gasteiger partial charge in [0, 0.05) is 13.7 Å². The van der Waals surface area contributed by atoms with Gasteiger partial charge in [-0.1, -0.05) is 12.2 Å². The van der Waals surface area contributed by atoms with Gasteiger partial charge >= 0.3 is 6.18 Å². The van der Waals surface area contributed by atoms with Gasteiger partial charge in [-0.15, -0.1) is 0 Å². The van der Waals surface area contributed by atoms with Crippen molar-refractivity contribution in [2.24, 2.45) is 5.73 Å². The van der Waals surface area contributed by atoms with Gasteiger partial charge < -0.3 is 15.2 Å². The molecule has 94 valence electrons. The highest BCUT2D eigenvalue weighted by Gasteiger charge is 2.31. The van der Waals surface area contributed by atoms with E-state index >= 15 is 0 Å². The van der Waals surface area contributed by atoms with Crippen molar-refractivity contribution in [3.05, 3.63) is 23.8 Å². The molecule has 0 heterocycles. The van der Waals surface area contributed by atoms with Crippen LogP contribution < -0.4 is 5.73 Å². The minimum atomic E-state index is -4.37. The Bertz CT molecular complexity index is 237. The molecule has 0 aromatic rings. The van der Waals surface area contributed by atoms with E-state index in [4.69, 9.17) is 10.5 Å². The van der Waals surface area contributed by atoms with Crippen molar-refractivity contribution < 1.29 is 22.6 Å². The third kappa shape index (κ3) is 7.44. The molecule has 3 nitrogen and oxygen atoms in total. The average molecular weight is 239 g/mol. The molecule has 0 atom stereocenters. The van der Waals surface area contributed by atoms with Crippen LogP contribution in [-0.4, -0.2) is 39.7 Å². The number of nitrogens with two attached hydrogens (primary N) is 1. The molecule has 0 radical (unpaired) electrons. The molecule has 0 aromatic heterocycles. The van der Waals surface area contributed by atoms with Gasteiger partial charge in [-0.3, -0.25) is 0 Å². The first-order valence-electron chi connectivity index (χ1n) is 4.73. The van der Waals surface area contributed by atoms with E-state index in [2.05, 4.69) is 4.74 Å². The number of alkyl halides is 3. The molecule has 16 heavy (non-hydrogen) atoms. The number of hydrogen-bond acceptors (Lipinski definition) is 3. The zero-order valence-corrected chi connectivity index (χ0v) is 9.09. The number of hydrogen-bond donors (Lipinski definition) is 1. The fraction of sp³-hybridized carbons (Fsp3) is 0.600. The zero-order chi connectivity index (χ0) is 12.4. The second-order valence-electron chi connectivity index (χ2n) is 2.88. The lowest BCUT2D eigenvalue weighted by atomic mass is 10.2. The highest BCUT2D eigenvalue weighted by molar-refractivity contribution is 5.23. The van der Waals surface area contributed by atoms with Gasteiger partial charge in [0.25, 0.3) is 0 Å². The summed E-state index contributed by atoms with van der Waals surface area (Å²) < 4.78 is 46.6. The second-order valence-corrected chi connectivity index (χ2v) is 2.88. The molecule has 0 rings (SSSR count). The lowest BCUT2D eigenvalue weighted by Gasteiger charge is -2.07. The molecule has 0 aliphatic rings. The highest BCUT2D eigenvalue weighted by Crippen LogP contribution is 2.26. The van der Waals surface area contributed by atoms with Crippen LogP contribution in [0.1, 0.15) is 0 Å². The second kappa shape index (κ2) is 8.32. The quantitative estimate of drug-likeness (QED) is 0.542. The first-order chi connectivity index (χ1) is 7.52. The number of ether oxygens (including phenoxy) is 2. The van der Waals surface area contributed by atoms with E-state index in [-0.39, 0.29) is 13.2 Å². The van der Waals surface area contributed by atoms with E-state index in [1.807, 2.05) is 0 Å². The van der Waals surface area contributed by atoms with Crippen molar-refractivity contribution in [2.45, 2.75) is 6.18 Å². The maximum absolute atomic E-state index is 12.4. The lowest BCUT2D eigenvalue weighted by molar-refractivity contribution is -0.0887. The molecular formula is C10H16F3NO2. The molecule has 0 aliphatic carbocycles. The van der Waals surface area contributed by atoms with E-state index in [0.717, 1.165) is 12.2 Å². The number of rotatable bonds is 7. The van der Waals surface area contributed by atoms with Crippen molar-refractivity contribution in [3.63, 3.8) is 0 Å². The van der Waals surface area contributed by atoms with Crippen LogP contribution in [0.15, 0.2) is 23.8 Å². The van der Waals surface area contributed by atoms with Crippen LogP contribution in [0.5, 0.6) is 0 Å². The van der Waals surface area contributed by atoms with Crippen LogP contribution in [0.25, 0.3) is 0 Å². The van der Waals surface area contributed by atoms with Gasteiger partial charge in [-0.2, -0.15) is 13.2 Å². The SMILES string of the molecule is COC/C=C(\C=C/COCCN)C(F)(F)F. The largest absolute Gasteiger partial charge is 0.416 e. The summed E-state index contributed by atoms with van der Waals surface area (Å²) in [5, 5.41) is 0. The summed E-state index contributed by atoms with van der Waals surface area (Å²) in [5.41, 5.74) is 4.40. The molecule has 0 aromatic carbocycles. The predicted octanol–water partition coefficient (Wildman–Crippen LogP) is 1.65. The van der Waals surface area contributed by atoms with Gasteiger partial charge in [-0.05, 0) is 6.08 Å². The van der Waals surface area contributed by atoms with Gasteiger partial charge in [0.1, 0.15) is 0 Å². The summed E-state index contributed by atoms with van der Waals surface area (Å²) in [6, 6.07) is 0. The van der Waals surface area contributed by atoms with Crippen molar-refractivity contribution in [2.75, 3.05) is 33.5 Å². The van der Waals surface area contributed by atoms with Gasteiger partial charge in [0.05, 0.1) is 25.4 Å². The fourth-order valence-corrected chi connectivity index (χ4v) is 0.861. The summed E-state index contributed by atoms with van der Waals surface area (Å²) in [6.45, 7) is 0.702. The van der Waals surface area contributed by atoms with Crippen molar-refractivity contribution in [1.29, 1.82) is 0 Å². The van der Waals surface area contributed by atoms with E-state index in [0.29, 0.717) is 13.2 Å². The van der Waals surface area contributed by atoms with Gasteiger partial charge in [0.2, 0.25) is 0 Å². The van der Waals surface area contributed by atoms with Crippen LogP contribution >= 0.6 is 0 Å². The summed E-state index contributed by atoms with van der Waals surface area (Å²) in [4.78, 5) is 0. The summed E-state index contributed by atoms with van der Waals surface area (Å²) in [7, 11) is 1.33.